The first-order chi connectivity index (χ1) is 15.5. The summed E-state index contributed by atoms with van der Waals surface area (Å²) in [5, 5.41) is 6.44. The molecule has 1 aromatic heterocycles. The summed E-state index contributed by atoms with van der Waals surface area (Å²) in [6, 6.07) is 16.6. The Balaban J connectivity index is 1.43. The Hall–Kier alpha value is -4.04. The topological polar surface area (TPSA) is 94.5 Å². The fourth-order valence-corrected chi connectivity index (χ4v) is 3.66. The minimum Gasteiger partial charge on any atom is -0.454 e. The fraction of sp³-hybridized carbons (Fsp3) is 0.0870. The number of aryl methyl sites for hydroxylation is 1. The van der Waals surface area contributed by atoms with Gasteiger partial charge < -0.3 is 20.1 Å². The van der Waals surface area contributed by atoms with Gasteiger partial charge in [-0.05, 0) is 61.5 Å². The Morgan fingerprint density at radius 1 is 0.969 bits per heavy atom. The Labute approximate surface area is 187 Å². The first-order valence-electron chi connectivity index (χ1n) is 9.75. The minimum absolute atomic E-state index is 0.156. The van der Waals surface area contributed by atoms with Crippen LogP contribution in [0.4, 0.5) is 16.2 Å². The molecule has 1 aliphatic rings. The predicted octanol–water partition coefficient (Wildman–Crippen LogP) is 4.72. The second-order valence-electron chi connectivity index (χ2n) is 7.16. The summed E-state index contributed by atoms with van der Waals surface area (Å²) in [7, 11) is 0. The van der Waals surface area contributed by atoms with Gasteiger partial charge in [-0.15, -0.1) is 0 Å². The highest BCUT2D eigenvalue weighted by Crippen LogP contribution is 2.34. The molecule has 8 nitrogen and oxygen atoms in total. The molecule has 0 spiro atoms. The largest absolute Gasteiger partial charge is 0.454 e. The zero-order valence-corrected chi connectivity index (χ0v) is 17.6. The van der Waals surface area contributed by atoms with Crippen molar-refractivity contribution >= 4 is 39.9 Å². The molecule has 0 radical (unpaired) electrons. The summed E-state index contributed by atoms with van der Waals surface area (Å²) >= 11 is 5.97. The van der Waals surface area contributed by atoms with Crippen LogP contribution < -0.4 is 25.7 Å². The summed E-state index contributed by atoms with van der Waals surface area (Å²) in [5.74, 6) is 1.74. The lowest BCUT2D eigenvalue weighted by Gasteiger charge is -2.12. The first-order valence-corrected chi connectivity index (χ1v) is 10.1. The van der Waals surface area contributed by atoms with E-state index in [9.17, 15) is 9.59 Å². The molecule has 2 N–H and O–H groups in total. The Morgan fingerprint density at radius 2 is 1.66 bits per heavy atom. The van der Waals surface area contributed by atoms with Crippen molar-refractivity contribution in [3.05, 3.63) is 81.9 Å². The lowest BCUT2D eigenvalue weighted by molar-refractivity contribution is 0.174. The van der Waals surface area contributed by atoms with E-state index < -0.39 is 6.03 Å². The van der Waals surface area contributed by atoms with Crippen LogP contribution >= 0.6 is 11.6 Å². The van der Waals surface area contributed by atoms with Crippen LogP contribution in [0, 0.1) is 6.92 Å². The van der Waals surface area contributed by atoms with Gasteiger partial charge in [-0.2, -0.15) is 0 Å². The van der Waals surface area contributed by atoms with E-state index in [1.165, 1.54) is 4.57 Å². The number of carbonyl (C=O) groups is 1. The van der Waals surface area contributed by atoms with Gasteiger partial charge in [0.05, 0.1) is 16.6 Å². The van der Waals surface area contributed by atoms with E-state index in [1.807, 2.05) is 0 Å². The summed E-state index contributed by atoms with van der Waals surface area (Å²) in [6.07, 6.45) is 0. The number of nitrogens with one attached hydrogen (secondary N) is 2. The molecule has 160 valence electrons. The number of amides is 2. The number of anilines is 2. The monoisotopic (exact) mass is 448 g/mol. The molecule has 1 aliphatic heterocycles. The molecule has 5 rings (SSSR count). The maximum absolute atomic E-state index is 13.2. The lowest BCUT2D eigenvalue weighted by Crippen LogP contribution is -2.23. The second kappa shape index (κ2) is 7.90. The molecule has 2 amide bonds. The van der Waals surface area contributed by atoms with Gasteiger partial charge in [0.15, 0.2) is 11.5 Å². The zero-order valence-electron chi connectivity index (χ0n) is 16.9. The number of nitrogens with zero attached hydrogens (tertiary/aromatic N) is 2. The van der Waals surface area contributed by atoms with Crippen LogP contribution in [-0.2, 0) is 0 Å². The highest BCUT2D eigenvalue weighted by molar-refractivity contribution is 6.30. The average molecular weight is 449 g/mol. The van der Waals surface area contributed by atoms with Crippen LogP contribution in [0.1, 0.15) is 5.82 Å². The van der Waals surface area contributed by atoms with E-state index in [-0.39, 0.29) is 12.4 Å². The number of urea groups is 1. The molecule has 3 aromatic carbocycles. The van der Waals surface area contributed by atoms with Crippen LogP contribution in [0.15, 0.2) is 65.5 Å². The number of carbonyl (C=O) groups excluding carboxylic acids is 1. The van der Waals surface area contributed by atoms with Crippen molar-refractivity contribution in [2.45, 2.75) is 6.92 Å². The lowest BCUT2D eigenvalue weighted by atomic mass is 10.2. The number of aromatic nitrogens is 2. The van der Waals surface area contributed by atoms with Crippen LogP contribution in [0.5, 0.6) is 11.5 Å². The van der Waals surface area contributed by atoms with Crippen molar-refractivity contribution in [2.24, 2.45) is 0 Å². The number of fused-ring (bicyclic) bond motifs is 2. The standard InChI is InChI=1S/C23H17ClN4O4/c1-13-25-19-8-4-15(10-18(19)22(29)28(13)17-6-2-14(24)3-7-17)26-23(30)27-16-5-9-20-21(11-16)32-12-31-20/h2-11H,12H2,1H3,(H2,26,27,30). The Morgan fingerprint density at radius 3 is 2.44 bits per heavy atom. The third-order valence-corrected chi connectivity index (χ3v) is 5.26. The molecule has 0 atom stereocenters. The van der Waals surface area contributed by atoms with Crippen molar-refractivity contribution in [1.82, 2.24) is 9.55 Å². The molecule has 4 aromatic rings. The van der Waals surface area contributed by atoms with E-state index in [1.54, 1.807) is 67.6 Å². The van der Waals surface area contributed by atoms with E-state index >= 15 is 0 Å². The fourth-order valence-electron chi connectivity index (χ4n) is 3.54. The number of hydrogen-bond donors (Lipinski definition) is 2. The van der Waals surface area contributed by atoms with Crippen LogP contribution in [0.25, 0.3) is 16.6 Å². The third-order valence-electron chi connectivity index (χ3n) is 5.01. The van der Waals surface area contributed by atoms with Crippen molar-refractivity contribution in [2.75, 3.05) is 17.4 Å². The highest BCUT2D eigenvalue weighted by atomic mass is 35.5. The van der Waals surface area contributed by atoms with Crippen molar-refractivity contribution in [3.63, 3.8) is 0 Å². The molecule has 0 bridgehead atoms. The molecule has 0 aliphatic carbocycles. The van der Waals surface area contributed by atoms with Crippen LogP contribution in [0.2, 0.25) is 5.02 Å². The van der Waals surface area contributed by atoms with E-state index in [2.05, 4.69) is 15.6 Å². The summed E-state index contributed by atoms with van der Waals surface area (Å²) in [6.45, 7) is 1.92. The van der Waals surface area contributed by atoms with E-state index in [0.717, 1.165) is 0 Å². The SMILES string of the molecule is Cc1nc2ccc(NC(=O)Nc3ccc4c(c3)OCO4)cc2c(=O)n1-c1ccc(Cl)cc1. The molecule has 0 saturated carbocycles. The molecule has 9 heteroatoms. The van der Waals surface area contributed by atoms with Gasteiger partial charge in [0.1, 0.15) is 5.82 Å². The van der Waals surface area contributed by atoms with Crippen molar-refractivity contribution in [3.8, 4) is 17.2 Å². The molecule has 0 unspecified atom stereocenters. The Bertz CT molecular complexity index is 1420. The zero-order chi connectivity index (χ0) is 22.2. The highest BCUT2D eigenvalue weighted by Gasteiger charge is 2.15. The maximum atomic E-state index is 13.2. The molecular formula is C23H17ClN4O4. The van der Waals surface area contributed by atoms with Crippen LogP contribution in [0.3, 0.4) is 0 Å². The van der Waals surface area contributed by atoms with Gasteiger partial charge in [0.2, 0.25) is 6.79 Å². The summed E-state index contributed by atoms with van der Waals surface area (Å²) < 4.78 is 12.1. The van der Waals surface area contributed by atoms with Crippen molar-refractivity contribution in [1.29, 1.82) is 0 Å². The number of benzene rings is 3. The summed E-state index contributed by atoms with van der Waals surface area (Å²) in [5.41, 5.74) is 1.97. The van der Waals surface area contributed by atoms with Gasteiger partial charge in [0.25, 0.3) is 5.56 Å². The number of ether oxygens (including phenoxy) is 2. The third kappa shape index (κ3) is 3.72. The first kappa shape index (κ1) is 19.9. The van der Waals surface area contributed by atoms with Crippen LogP contribution in [-0.4, -0.2) is 22.4 Å². The van der Waals surface area contributed by atoms with Gasteiger partial charge >= 0.3 is 6.03 Å². The average Bonchev–Trinajstić information content (AvgIpc) is 3.23. The second-order valence-corrected chi connectivity index (χ2v) is 7.59. The van der Waals surface area contributed by atoms with Gasteiger partial charge in [-0.3, -0.25) is 9.36 Å². The predicted molar refractivity (Wildman–Crippen MR) is 122 cm³/mol. The Kier molecular flexibility index (Phi) is 4.91. The molecule has 0 fully saturated rings. The van der Waals surface area contributed by atoms with Crippen molar-refractivity contribution < 1.29 is 14.3 Å². The maximum Gasteiger partial charge on any atom is 0.323 e. The van der Waals surface area contributed by atoms with Gasteiger partial charge in [-0.1, -0.05) is 11.6 Å². The molecule has 32 heavy (non-hydrogen) atoms. The van der Waals surface area contributed by atoms with Gasteiger partial charge in [-0.25, -0.2) is 9.78 Å². The number of hydrogen-bond acceptors (Lipinski definition) is 5. The van der Waals surface area contributed by atoms with E-state index in [4.69, 9.17) is 21.1 Å². The molecule has 2 heterocycles. The number of halogens is 1. The summed E-state index contributed by atoms with van der Waals surface area (Å²) in [4.78, 5) is 30.2. The van der Waals surface area contributed by atoms with Gasteiger partial charge in [0, 0.05) is 22.5 Å². The number of rotatable bonds is 3. The molecular weight excluding hydrogens is 432 g/mol. The quantitative estimate of drug-likeness (QED) is 0.473. The minimum atomic E-state index is -0.457. The van der Waals surface area contributed by atoms with E-state index in [0.29, 0.717) is 50.3 Å². The normalized spacial score (nSPS) is 12.1. The molecule has 0 saturated heterocycles. The smallest absolute Gasteiger partial charge is 0.323 e.